The molecule has 0 saturated carbocycles. The molecule has 4 nitrogen and oxygen atoms in total. The van der Waals surface area contributed by atoms with Gasteiger partial charge in [0, 0.05) is 24.1 Å². The van der Waals surface area contributed by atoms with Crippen LogP contribution in [0.15, 0.2) is 53.0 Å². The lowest BCUT2D eigenvalue weighted by Gasteiger charge is -2.23. The number of hydrogen-bond donors (Lipinski definition) is 1. The third kappa shape index (κ3) is 4.81. The smallest absolute Gasteiger partial charge is 0.255 e. The predicted molar refractivity (Wildman–Crippen MR) is 95.8 cm³/mol. The summed E-state index contributed by atoms with van der Waals surface area (Å²) in [5, 5.41) is 0. The van der Waals surface area contributed by atoms with Crippen LogP contribution in [0.2, 0.25) is 0 Å². The van der Waals surface area contributed by atoms with E-state index in [1.807, 2.05) is 30.3 Å². The van der Waals surface area contributed by atoms with E-state index >= 15 is 0 Å². The van der Waals surface area contributed by atoms with Crippen LogP contribution in [-0.4, -0.2) is 37.6 Å². The maximum Gasteiger partial charge on any atom is 0.255 e. The molecule has 0 unspecified atom stereocenters. The Hall–Kier alpha value is -1.85. The maximum absolute atomic E-state index is 12.8. The molecule has 23 heavy (non-hydrogen) atoms. The summed E-state index contributed by atoms with van der Waals surface area (Å²) < 4.78 is 5.97. The Kier molecular flexibility index (Phi) is 6.62. The van der Waals surface area contributed by atoms with Crippen molar-refractivity contribution in [2.45, 2.75) is 6.42 Å². The molecule has 2 rings (SSSR count). The molecule has 0 heterocycles. The Bertz CT molecular complexity index is 647. The van der Waals surface area contributed by atoms with Crippen LogP contribution >= 0.6 is 15.9 Å². The van der Waals surface area contributed by atoms with Gasteiger partial charge in [-0.05, 0) is 46.1 Å². The number of carbonyl (C=O) groups is 1. The Morgan fingerprint density at radius 3 is 2.57 bits per heavy atom. The van der Waals surface area contributed by atoms with Gasteiger partial charge in [0.2, 0.25) is 0 Å². The van der Waals surface area contributed by atoms with Gasteiger partial charge in [0.15, 0.2) is 0 Å². The highest BCUT2D eigenvalue weighted by Gasteiger charge is 2.18. The van der Waals surface area contributed by atoms with E-state index in [9.17, 15) is 4.79 Å². The highest BCUT2D eigenvalue weighted by atomic mass is 79.9. The number of nitrogens with zero attached hydrogens (tertiary/aromatic N) is 1. The fourth-order valence-electron chi connectivity index (χ4n) is 2.35. The normalized spacial score (nSPS) is 10.4. The molecule has 122 valence electrons. The standard InChI is InChI=1S/C18H21BrN2O2/c1-23-15-7-8-17(19)16(13-15)18(22)21(12-10-20)11-9-14-5-3-2-4-6-14/h2-8,13H,9-12,20H2,1H3. The SMILES string of the molecule is COc1ccc(Br)c(C(=O)N(CCN)CCc2ccccc2)c1. The largest absolute Gasteiger partial charge is 0.497 e. The van der Waals surface area contributed by atoms with Crippen molar-refractivity contribution in [1.29, 1.82) is 0 Å². The van der Waals surface area contributed by atoms with Crippen molar-refractivity contribution in [3.05, 3.63) is 64.1 Å². The first kappa shape index (κ1) is 17.5. The number of methoxy groups -OCH3 is 1. The van der Waals surface area contributed by atoms with Crippen molar-refractivity contribution >= 4 is 21.8 Å². The number of hydrogen-bond acceptors (Lipinski definition) is 3. The van der Waals surface area contributed by atoms with E-state index in [0.29, 0.717) is 30.9 Å². The second-order valence-corrected chi connectivity index (χ2v) is 6.02. The topological polar surface area (TPSA) is 55.6 Å². The van der Waals surface area contributed by atoms with Gasteiger partial charge in [-0.2, -0.15) is 0 Å². The van der Waals surface area contributed by atoms with Gasteiger partial charge in [-0.25, -0.2) is 0 Å². The lowest BCUT2D eigenvalue weighted by atomic mass is 10.1. The monoisotopic (exact) mass is 376 g/mol. The summed E-state index contributed by atoms with van der Waals surface area (Å²) in [5.74, 6) is 0.615. The molecule has 0 spiro atoms. The second kappa shape index (κ2) is 8.70. The average molecular weight is 377 g/mol. The first-order valence-corrected chi connectivity index (χ1v) is 8.32. The minimum atomic E-state index is -0.0443. The number of halogens is 1. The molecule has 2 aromatic carbocycles. The van der Waals surface area contributed by atoms with Gasteiger partial charge >= 0.3 is 0 Å². The molecule has 0 saturated heterocycles. The summed E-state index contributed by atoms with van der Waals surface area (Å²) in [6, 6.07) is 15.5. The van der Waals surface area contributed by atoms with E-state index in [-0.39, 0.29) is 5.91 Å². The molecule has 1 amide bonds. The van der Waals surface area contributed by atoms with Crippen molar-refractivity contribution in [3.8, 4) is 5.75 Å². The molecule has 0 aliphatic heterocycles. The van der Waals surface area contributed by atoms with Crippen LogP contribution in [0.25, 0.3) is 0 Å². The molecule has 0 aliphatic rings. The van der Waals surface area contributed by atoms with Gasteiger partial charge in [-0.15, -0.1) is 0 Å². The summed E-state index contributed by atoms with van der Waals surface area (Å²) in [7, 11) is 1.59. The highest BCUT2D eigenvalue weighted by Crippen LogP contribution is 2.24. The summed E-state index contributed by atoms with van der Waals surface area (Å²) in [4.78, 5) is 14.6. The lowest BCUT2D eigenvalue weighted by Crippen LogP contribution is -2.37. The minimum Gasteiger partial charge on any atom is -0.497 e. The van der Waals surface area contributed by atoms with E-state index in [2.05, 4.69) is 28.1 Å². The van der Waals surface area contributed by atoms with E-state index < -0.39 is 0 Å². The van der Waals surface area contributed by atoms with Crippen LogP contribution in [0.5, 0.6) is 5.75 Å². The number of ether oxygens (including phenoxy) is 1. The van der Waals surface area contributed by atoms with Gasteiger partial charge in [-0.3, -0.25) is 4.79 Å². The molecular formula is C18H21BrN2O2. The molecule has 2 aromatic rings. The Morgan fingerprint density at radius 2 is 1.91 bits per heavy atom. The van der Waals surface area contributed by atoms with Crippen LogP contribution in [0, 0.1) is 0 Å². The molecular weight excluding hydrogens is 356 g/mol. The quantitative estimate of drug-likeness (QED) is 0.807. The number of carbonyl (C=O) groups excluding carboxylic acids is 1. The fourth-order valence-corrected chi connectivity index (χ4v) is 2.76. The van der Waals surface area contributed by atoms with Gasteiger partial charge in [0.05, 0.1) is 12.7 Å². The number of amides is 1. The van der Waals surface area contributed by atoms with Crippen molar-refractivity contribution in [1.82, 2.24) is 4.90 Å². The Morgan fingerprint density at radius 1 is 1.17 bits per heavy atom. The zero-order chi connectivity index (χ0) is 16.7. The summed E-state index contributed by atoms with van der Waals surface area (Å²) in [6.07, 6.45) is 0.800. The third-order valence-corrected chi connectivity index (χ3v) is 4.29. The van der Waals surface area contributed by atoms with E-state index in [4.69, 9.17) is 10.5 Å². The zero-order valence-corrected chi connectivity index (χ0v) is 14.8. The van der Waals surface area contributed by atoms with Crippen LogP contribution in [0.3, 0.4) is 0 Å². The van der Waals surface area contributed by atoms with Crippen LogP contribution in [0.4, 0.5) is 0 Å². The summed E-state index contributed by atoms with van der Waals surface area (Å²) in [6.45, 7) is 1.58. The van der Waals surface area contributed by atoms with Gasteiger partial charge in [-0.1, -0.05) is 30.3 Å². The third-order valence-electron chi connectivity index (χ3n) is 3.60. The van der Waals surface area contributed by atoms with E-state index in [0.717, 1.165) is 10.9 Å². The Balaban J connectivity index is 2.14. The summed E-state index contributed by atoms with van der Waals surface area (Å²) in [5.41, 5.74) is 7.47. The molecule has 0 radical (unpaired) electrons. The average Bonchev–Trinajstić information content (AvgIpc) is 2.59. The van der Waals surface area contributed by atoms with Crippen molar-refractivity contribution in [2.24, 2.45) is 5.73 Å². The number of nitrogens with two attached hydrogens (primary N) is 1. The molecule has 5 heteroatoms. The van der Waals surface area contributed by atoms with E-state index in [1.54, 1.807) is 18.1 Å². The molecule has 0 aliphatic carbocycles. The summed E-state index contributed by atoms with van der Waals surface area (Å²) >= 11 is 3.44. The van der Waals surface area contributed by atoms with E-state index in [1.165, 1.54) is 5.56 Å². The lowest BCUT2D eigenvalue weighted by molar-refractivity contribution is 0.0761. The Labute approximate surface area is 145 Å². The van der Waals surface area contributed by atoms with Gasteiger partial charge < -0.3 is 15.4 Å². The highest BCUT2D eigenvalue weighted by molar-refractivity contribution is 9.10. The molecule has 0 atom stereocenters. The first-order valence-electron chi connectivity index (χ1n) is 7.52. The van der Waals surface area contributed by atoms with Crippen molar-refractivity contribution < 1.29 is 9.53 Å². The second-order valence-electron chi connectivity index (χ2n) is 5.16. The van der Waals surface area contributed by atoms with Crippen molar-refractivity contribution in [3.63, 3.8) is 0 Å². The molecule has 2 N–H and O–H groups in total. The molecule has 0 aromatic heterocycles. The van der Waals surface area contributed by atoms with Crippen LogP contribution in [0.1, 0.15) is 15.9 Å². The minimum absolute atomic E-state index is 0.0443. The number of rotatable bonds is 7. The zero-order valence-electron chi connectivity index (χ0n) is 13.2. The maximum atomic E-state index is 12.8. The van der Waals surface area contributed by atoms with Crippen LogP contribution in [-0.2, 0) is 6.42 Å². The fraction of sp³-hybridized carbons (Fsp3) is 0.278. The van der Waals surface area contributed by atoms with Gasteiger partial charge in [0.25, 0.3) is 5.91 Å². The predicted octanol–water partition coefficient (Wildman–Crippen LogP) is 3.10. The molecule has 0 bridgehead atoms. The molecule has 0 fully saturated rings. The van der Waals surface area contributed by atoms with Gasteiger partial charge in [0.1, 0.15) is 5.75 Å². The van der Waals surface area contributed by atoms with Crippen molar-refractivity contribution in [2.75, 3.05) is 26.7 Å². The van der Waals surface area contributed by atoms with Crippen LogP contribution < -0.4 is 10.5 Å². The number of benzene rings is 2. The first-order chi connectivity index (χ1) is 11.2.